The number of para-hydroxylation sites is 2. The fourth-order valence-electron chi connectivity index (χ4n) is 3.49. The second kappa shape index (κ2) is 13.3. The van der Waals surface area contributed by atoms with Gasteiger partial charge in [0.25, 0.3) is 5.56 Å². The molecule has 1 fully saturated rings. The second-order valence-electron chi connectivity index (χ2n) is 8.37. The number of aromatic nitrogens is 2. The van der Waals surface area contributed by atoms with Gasteiger partial charge in [-0.25, -0.2) is 9.59 Å². The molecule has 1 unspecified atom stereocenters. The van der Waals surface area contributed by atoms with Gasteiger partial charge in [-0.3, -0.25) is 18.9 Å². The van der Waals surface area contributed by atoms with E-state index in [0.717, 1.165) is 23.3 Å². The number of unbranched alkanes of at least 4 members (excludes halogenated alkanes) is 1. The summed E-state index contributed by atoms with van der Waals surface area (Å²) in [7, 11) is -2.74. The van der Waals surface area contributed by atoms with E-state index in [2.05, 4.69) is 14.8 Å². The average molecular weight is 566 g/mol. The minimum absolute atomic E-state index is 0.0308. The maximum atomic E-state index is 12.5. The van der Waals surface area contributed by atoms with Gasteiger partial charge >= 0.3 is 19.8 Å². The Bertz CT molecular complexity index is 1360. The lowest BCUT2D eigenvalue weighted by Gasteiger charge is -2.26. The number of H-pyrrole nitrogens is 1. The SMILES string of the molecule is CCCCOC(=O)[C@@H](C)N=[P+]([O-])Oc1ccccc1OC[C@@]1(N=[N+]=[N-])O[C@@H](n2ccc(=O)[nH]c2=O)[C@H](O)[C@@H]1O. The standard InChI is InChI=1S/C22H27N6O10P/c1-3-4-11-35-20(32)13(2)25-39(34)38-15-8-6-5-7-14(15)36-12-22(26-27-23)18(31)17(30)19(37-22)28-10-9-16(29)24-21(28)33/h5-10,13,17-19,30-31H,3-4,11-12H2,1-2H3,(H,24,29,33)/t13-,17-,18+,19-,22-/m1/s1. The van der Waals surface area contributed by atoms with Gasteiger partial charge in [0.15, 0.2) is 18.0 Å². The Kier molecular flexibility index (Phi) is 10.2. The molecule has 210 valence electrons. The van der Waals surface area contributed by atoms with Crippen molar-refractivity contribution in [1.29, 1.82) is 0 Å². The molecule has 17 heteroatoms. The van der Waals surface area contributed by atoms with Crippen LogP contribution in [0.1, 0.15) is 32.9 Å². The molecular formula is C22H27N6O10P. The van der Waals surface area contributed by atoms with Crippen molar-refractivity contribution in [3.8, 4) is 11.5 Å². The van der Waals surface area contributed by atoms with Gasteiger partial charge in [-0.05, 0) is 31.0 Å². The number of aromatic amines is 1. The minimum Gasteiger partial charge on any atom is -0.575 e. The molecule has 2 heterocycles. The summed E-state index contributed by atoms with van der Waals surface area (Å²) in [5.74, 6) is -0.749. The summed E-state index contributed by atoms with van der Waals surface area (Å²) in [5.41, 5.74) is 5.26. The molecule has 0 radical (unpaired) electrons. The number of rotatable bonds is 12. The number of esters is 1. The van der Waals surface area contributed by atoms with E-state index in [0.29, 0.717) is 6.42 Å². The van der Waals surface area contributed by atoms with E-state index in [9.17, 15) is 29.5 Å². The lowest BCUT2D eigenvalue weighted by Crippen LogP contribution is -2.46. The summed E-state index contributed by atoms with van der Waals surface area (Å²) in [6, 6.07) is 5.84. The van der Waals surface area contributed by atoms with Gasteiger partial charge in [0, 0.05) is 17.2 Å². The summed E-state index contributed by atoms with van der Waals surface area (Å²) in [6.45, 7) is 2.88. The number of aliphatic hydroxyl groups excluding tert-OH is 2. The first-order valence-electron chi connectivity index (χ1n) is 11.8. The molecule has 0 bridgehead atoms. The molecule has 0 aliphatic carbocycles. The molecule has 16 nitrogen and oxygen atoms in total. The zero-order valence-corrected chi connectivity index (χ0v) is 21.8. The van der Waals surface area contributed by atoms with E-state index in [1.807, 2.05) is 11.9 Å². The molecule has 1 aromatic heterocycles. The fourth-order valence-corrected chi connectivity index (χ4v) is 4.23. The maximum absolute atomic E-state index is 12.5. The van der Waals surface area contributed by atoms with Gasteiger partial charge in [0.2, 0.25) is 11.5 Å². The molecule has 0 spiro atoms. The van der Waals surface area contributed by atoms with E-state index >= 15 is 0 Å². The Balaban J connectivity index is 1.77. The first-order valence-corrected chi connectivity index (χ1v) is 12.9. The summed E-state index contributed by atoms with van der Waals surface area (Å²) in [4.78, 5) is 52.6. The number of hydrogen-bond donors (Lipinski definition) is 3. The monoisotopic (exact) mass is 566 g/mol. The zero-order chi connectivity index (χ0) is 28.6. The number of ether oxygens (including phenoxy) is 3. The summed E-state index contributed by atoms with van der Waals surface area (Å²) in [6.07, 6.45) is -2.62. The van der Waals surface area contributed by atoms with Crippen molar-refractivity contribution in [2.75, 3.05) is 13.2 Å². The van der Waals surface area contributed by atoms with Crippen LogP contribution in [0.2, 0.25) is 0 Å². The lowest BCUT2D eigenvalue weighted by molar-refractivity contribution is -0.169. The van der Waals surface area contributed by atoms with E-state index in [1.54, 1.807) is 12.1 Å². The van der Waals surface area contributed by atoms with Gasteiger partial charge in [-0.1, -0.05) is 35.3 Å². The second-order valence-corrected chi connectivity index (χ2v) is 9.26. The molecule has 39 heavy (non-hydrogen) atoms. The van der Waals surface area contributed by atoms with Crippen LogP contribution < -0.4 is 25.4 Å². The van der Waals surface area contributed by atoms with Crippen LogP contribution in [0.4, 0.5) is 0 Å². The van der Waals surface area contributed by atoms with Crippen LogP contribution in [0.25, 0.3) is 10.4 Å². The average Bonchev–Trinajstić information content (AvgIpc) is 3.13. The zero-order valence-electron chi connectivity index (χ0n) is 20.9. The predicted molar refractivity (Wildman–Crippen MR) is 133 cm³/mol. The van der Waals surface area contributed by atoms with Crippen molar-refractivity contribution in [2.45, 2.75) is 56.9 Å². The van der Waals surface area contributed by atoms with Crippen LogP contribution in [0.15, 0.2) is 56.0 Å². The topological polar surface area (TPSA) is 233 Å². The highest BCUT2D eigenvalue weighted by atomic mass is 31.1. The molecule has 1 saturated heterocycles. The third-order valence-electron chi connectivity index (χ3n) is 5.55. The molecule has 3 N–H and O–H groups in total. The Hall–Kier alpha value is -3.78. The van der Waals surface area contributed by atoms with Crippen molar-refractivity contribution in [1.82, 2.24) is 9.55 Å². The van der Waals surface area contributed by atoms with Gasteiger partial charge < -0.3 is 29.3 Å². The van der Waals surface area contributed by atoms with Crippen LogP contribution in [0, 0.1) is 0 Å². The molecule has 1 aliphatic heterocycles. The van der Waals surface area contributed by atoms with Crippen LogP contribution in [-0.4, -0.2) is 62.9 Å². The van der Waals surface area contributed by atoms with Gasteiger partial charge in [-0.2, -0.15) is 0 Å². The van der Waals surface area contributed by atoms with E-state index < -0.39 is 62.2 Å². The Labute approximate surface area is 222 Å². The number of nitrogens with one attached hydrogen (secondary N) is 1. The number of azide groups is 1. The van der Waals surface area contributed by atoms with Crippen molar-refractivity contribution < 1.29 is 38.6 Å². The maximum Gasteiger partial charge on any atom is 0.395 e. The molecule has 0 saturated carbocycles. The van der Waals surface area contributed by atoms with Crippen LogP contribution in [0.5, 0.6) is 11.5 Å². The number of benzene rings is 1. The molecular weight excluding hydrogens is 539 g/mol. The molecule has 1 aromatic carbocycles. The Morgan fingerprint density at radius 1 is 1.33 bits per heavy atom. The third-order valence-corrected chi connectivity index (χ3v) is 6.44. The first kappa shape index (κ1) is 29.8. The van der Waals surface area contributed by atoms with E-state index in [-0.39, 0.29) is 18.1 Å². The summed E-state index contributed by atoms with van der Waals surface area (Å²) >= 11 is 0. The minimum atomic E-state index is -2.74. The third kappa shape index (κ3) is 7.20. The normalized spacial score (nSPS) is 23.5. The quantitative estimate of drug-likeness (QED) is 0.0817. The molecule has 6 atom stereocenters. The van der Waals surface area contributed by atoms with Crippen LogP contribution >= 0.6 is 8.17 Å². The molecule has 2 aromatic rings. The Morgan fingerprint density at radius 2 is 2.05 bits per heavy atom. The molecule has 3 rings (SSSR count). The first-order chi connectivity index (χ1) is 18.6. The van der Waals surface area contributed by atoms with Crippen molar-refractivity contribution in [3.05, 3.63) is 67.8 Å². The summed E-state index contributed by atoms with van der Waals surface area (Å²) in [5, 5.41) is 24.7. The predicted octanol–water partition coefficient (Wildman–Crippen LogP) is 0.839. The number of carbonyl (C=O) groups is 1. The van der Waals surface area contributed by atoms with Crippen molar-refractivity contribution >= 4 is 14.1 Å². The van der Waals surface area contributed by atoms with Crippen LogP contribution in [0.3, 0.4) is 0 Å². The van der Waals surface area contributed by atoms with Crippen molar-refractivity contribution in [2.24, 2.45) is 9.86 Å². The van der Waals surface area contributed by atoms with Crippen molar-refractivity contribution in [3.63, 3.8) is 0 Å². The number of carbonyl (C=O) groups excluding carboxylic acids is 1. The highest BCUT2D eigenvalue weighted by Crippen LogP contribution is 2.40. The van der Waals surface area contributed by atoms with Gasteiger partial charge in [0.1, 0.15) is 18.8 Å². The highest BCUT2D eigenvalue weighted by Gasteiger charge is 2.56. The number of nitrogens with zero attached hydrogens (tertiary/aromatic N) is 5. The lowest BCUT2D eigenvalue weighted by atomic mass is 10.1. The van der Waals surface area contributed by atoms with Crippen LogP contribution in [-0.2, 0) is 14.3 Å². The summed E-state index contributed by atoms with van der Waals surface area (Å²) < 4.78 is 26.2. The largest absolute Gasteiger partial charge is 0.575 e. The van der Waals surface area contributed by atoms with Gasteiger partial charge in [-0.15, -0.1) is 0 Å². The van der Waals surface area contributed by atoms with Gasteiger partial charge in [0.05, 0.1) is 6.61 Å². The smallest absolute Gasteiger partial charge is 0.395 e. The van der Waals surface area contributed by atoms with E-state index in [1.165, 1.54) is 19.1 Å². The molecule has 0 amide bonds. The molecule has 1 aliphatic rings. The number of aliphatic hydroxyl groups is 2. The highest BCUT2D eigenvalue weighted by molar-refractivity contribution is 7.34. The van der Waals surface area contributed by atoms with E-state index in [4.69, 9.17) is 24.3 Å². The Morgan fingerprint density at radius 3 is 2.72 bits per heavy atom. The number of hydrogen-bond acceptors (Lipinski definition) is 12. The fraction of sp³-hybridized carbons (Fsp3) is 0.500.